The summed E-state index contributed by atoms with van der Waals surface area (Å²) < 4.78 is 6.08. The number of nitrogens with one attached hydrogen (secondary N) is 2. The number of ether oxygens (including phenoxy) is 1. The van der Waals surface area contributed by atoms with Gasteiger partial charge < -0.3 is 15.4 Å². The van der Waals surface area contributed by atoms with Gasteiger partial charge in [-0.2, -0.15) is 5.10 Å². The van der Waals surface area contributed by atoms with Crippen LogP contribution in [0.1, 0.15) is 0 Å². The summed E-state index contributed by atoms with van der Waals surface area (Å²) in [5.41, 5.74) is -0.131. The highest BCUT2D eigenvalue weighted by atomic mass is 16.6. The van der Waals surface area contributed by atoms with Gasteiger partial charge in [-0.3, -0.25) is 19.6 Å². The van der Waals surface area contributed by atoms with E-state index in [0.29, 0.717) is 19.7 Å². The molecule has 1 heterocycles. The van der Waals surface area contributed by atoms with Gasteiger partial charge in [0.2, 0.25) is 5.91 Å². The molecule has 1 aromatic rings. The summed E-state index contributed by atoms with van der Waals surface area (Å²) in [7, 11) is 1.62. The third-order valence-electron chi connectivity index (χ3n) is 2.24. The molecule has 0 radical (unpaired) electrons. The molecule has 19 heavy (non-hydrogen) atoms. The molecule has 0 unspecified atom stereocenters. The SMILES string of the molecule is COCCNCCNC(=O)Cn1cc([N+](=O)[O-])cn1. The Morgan fingerprint density at radius 3 is 2.95 bits per heavy atom. The van der Waals surface area contributed by atoms with Crippen molar-refractivity contribution in [3.63, 3.8) is 0 Å². The van der Waals surface area contributed by atoms with E-state index in [2.05, 4.69) is 15.7 Å². The molecular weight excluding hydrogens is 254 g/mol. The molecule has 106 valence electrons. The molecule has 0 saturated carbocycles. The van der Waals surface area contributed by atoms with E-state index in [0.717, 1.165) is 12.7 Å². The fourth-order valence-electron chi connectivity index (χ4n) is 1.33. The normalized spacial score (nSPS) is 10.4. The van der Waals surface area contributed by atoms with Crippen molar-refractivity contribution in [2.24, 2.45) is 0 Å². The molecule has 9 heteroatoms. The van der Waals surface area contributed by atoms with Crippen molar-refractivity contribution >= 4 is 11.6 Å². The number of hydrogen-bond acceptors (Lipinski definition) is 6. The number of methoxy groups -OCH3 is 1. The Bertz CT molecular complexity index is 420. The molecule has 0 aliphatic heterocycles. The third-order valence-corrected chi connectivity index (χ3v) is 2.24. The zero-order valence-corrected chi connectivity index (χ0v) is 10.7. The number of aromatic nitrogens is 2. The number of nitrogens with zero attached hydrogens (tertiary/aromatic N) is 3. The quantitative estimate of drug-likeness (QED) is 0.343. The average molecular weight is 271 g/mol. The predicted octanol–water partition coefficient (Wildman–Crippen LogP) is -0.856. The molecule has 2 N–H and O–H groups in total. The van der Waals surface area contributed by atoms with Gasteiger partial charge in [0.05, 0.1) is 11.5 Å². The van der Waals surface area contributed by atoms with Crippen molar-refractivity contribution in [2.75, 3.05) is 33.4 Å². The highest BCUT2D eigenvalue weighted by Gasteiger charge is 2.10. The number of carbonyl (C=O) groups excluding carboxylic acids is 1. The molecule has 0 aliphatic carbocycles. The first-order valence-electron chi connectivity index (χ1n) is 5.76. The maximum atomic E-state index is 11.5. The second kappa shape index (κ2) is 8.16. The molecule has 1 amide bonds. The molecular formula is C10H17N5O4. The molecule has 0 spiro atoms. The fraction of sp³-hybridized carbons (Fsp3) is 0.600. The van der Waals surface area contributed by atoms with Crippen molar-refractivity contribution in [3.05, 3.63) is 22.5 Å². The molecule has 1 aromatic heterocycles. The lowest BCUT2D eigenvalue weighted by Gasteiger charge is -2.06. The first-order chi connectivity index (χ1) is 9.13. The van der Waals surface area contributed by atoms with Gasteiger partial charge in [-0.25, -0.2) is 0 Å². The lowest BCUT2D eigenvalue weighted by atomic mass is 10.5. The van der Waals surface area contributed by atoms with Gasteiger partial charge in [-0.05, 0) is 0 Å². The van der Waals surface area contributed by atoms with Crippen LogP contribution in [0, 0.1) is 10.1 Å². The van der Waals surface area contributed by atoms with Crippen LogP contribution in [0.15, 0.2) is 12.4 Å². The minimum atomic E-state index is -0.554. The topological polar surface area (TPSA) is 111 Å². The Balaban J connectivity index is 2.18. The predicted molar refractivity (Wildman–Crippen MR) is 66.6 cm³/mol. The number of amides is 1. The van der Waals surface area contributed by atoms with E-state index in [1.54, 1.807) is 7.11 Å². The van der Waals surface area contributed by atoms with Crippen LogP contribution < -0.4 is 10.6 Å². The lowest BCUT2D eigenvalue weighted by molar-refractivity contribution is -0.385. The van der Waals surface area contributed by atoms with Gasteiger partial charge in [0.25, 0.3) is 0 Å². The molecule has 9 nitrogen and oxygen atoms in total. The summed E-state index contributed by atoms with van der Waals surface area (Å²) in [6.45, 7) is 2.41. The highest BCUT2D eigenvalue weighted by Crippen LogP contribution is 2.06. The van der Waals surface area contributed by atoms with Crippen LogP contribution in [0.3, 0.4) is 0 Å². The molecule has 0 fully saturated rings. The van der Waals surface area contributed by atoms with Crippen LogP contribution in [0.25, 0.3) is 0 Å². The standard InChI is InChI=1S/C10H17N5O4/c1-19-5-4-11-2-3-12-10(16)8-14-7-9(6-13-14)15(17)18/h6-7,11H,2-5,8H2,1H3,(H,12,16). The molecule has 0 bridgehead atoms. The largest absolute Gasteiger partial charge is 0.383 e. The van der Waals surface area contributed by atoms with Gasteiger partial charge in [0.15, 0.2) is 0 Å². The van der Waals surface area contributed by atoms with Crippen molar-refractivity contribution in [1.82, 2.24) is 20.4 Å². The van der Waals surface area contributed by atoms with Gasteiger partial charge in [-0.1, -0.05) is 0 Å². The Kier molecular flexibility index (Phi) is 6.47. The molecule has 0 saturated heterocycles. The van der Waals surface area contributed by atoms with Gasteiger partial charge >= 0.3 is 5.69 Å². The van der Waals surface area contributed by atoms with Crippen molar-refractivity contribution in [1.29, 1.82) is 0 Å². The Morgan fingerprint density at radius 2 is 2.32 bits per heavy atom. The average Bonchev–Trinajstić information content (AvgIpc) is 2.82. The van der Waals surface area contributed by atoms with E-state index < -0.39 is 4.92 Å². The molecule has 0 atom stereocenters. The van der Waals surface area contributed by atoms with Crippen LogP contribution in [0.2, 0.25) is 0 Å². The minimum Gasteiger partial charge on any atom is -0.383 e. The number of nitro groups is 1. The van der Waals surface area contributed by atoms with Crippen molar-refractivity contribution < 1.29 is 14.5 Å². The molecule has 0 aromatic carbocycles. The summed E-state index contributed by atoms with van der Waals surface area (Å²) in [5, 5.41) is 19.9. The number of hydrogen-bond donors (Lipinski definition) is 2. The maximum absolute atomic E-state index is 11.5. The smallest absolute Gasteiger partial charge is 0.307 e. The molecule has 1 rings (SSSR count). The van der Waals surface area contributed by atoms with Crippen molar-refractivity contribution in [2.45, 2.75) is 6.54 Å². The lowest BCUT2D eigenvalue weighted by Crippen LogP contribution is -2.34. The van der Waals surface area contributed by atoms with Crippen molar-refractivity contribution in [3.8, 4) is 0 Å². The van der Waals surface area contributed by atoms with Crippen LogP contribution in [0.4, 0.5) is 5.69 Å². The highest BCUT2D eigenvalue weighted by molar-refractivity contribution is 5.75. The first-order valence-corrected chi connectivity index (χ1v) is 5.76. The second-order valence-electron chi connectivity index (χ2n) is 3.75. The van der Waals surface area contributed by atoms with Crippen LogP contribution in [-0.2, 0) is 16.1 Å². The molecule has 0 aliphatic rings. The van der Waals surface area contributed by atoms with Gasteiger partial charge in [0, 0.05) is 26.7 Å². The summed E-state index contributed by atoms with van der Waals surface area (Å²) in [6, 6.07) is 0. The van der Waals surface area contributed by atoms with E-state index in [1.165, 1.54) is 10.9 Å². The van der Waals surface area contributed by atoms with Gasteiger partial charge in [-0.15, -0.1) is 0 Å². The summed E-state index contributed by atoms with van der Waals surface area (Å²) in [5.74, 6) is -0.244. The summed E-state index contributed by atoms with van der Waals surface area (Å²) in [6.07, 6.45) is 2.33. The zero-order chi connectivity index (χ0) is 14.1. The van der Waals surface area contributed by atoms with Crippen LogP contribution >= 0.6 is 0 Å². The van der Waals surface area contributed by atoms with Gasteiger partial charge in [0.1, 0.15) is 18.9 Å². The van der Waals surface area contributed by atoms with E-state index >= 15 is 0 Å². The maximum Gasteiger partial charge on any atom is 0.307 e. The van der Waals surface area contributed by atoms with E-state index in [4.69, 9.17) is 4.74 Å². The van der Waals surface area contributed by atoms with Crippen LogP contribution in [0.5, 0.6) is 0 Å². The Morgan fingerprint density at radius 1 is 1.53 bits per heavy atom. The van der Waals surface area contributed by atoms with E-state index in [-0.39, 0.29) is 18.1 Å². The summed E-state index contributed by atoms with van der Waals surface area (Å²) >= 11 is 0. The first kappa shape index (κ1) is 15.1. The number of rotatable bonds is 9. The minimum absolute atomic E-state index is 0.0358. The van der Waals surface area contributed by atoms with E-state index in [9.17, 15) is 14.9 Å². The third kappa shape index (κ3) is 5.93. The number of carbonyl (C=O) groups is 1. The zero-order valence-electron chi connectivity index (χ0n) is 10.7. The second-order valence-corrected chi connectivity index (χ2v) is 3.75. The monoisotopic (exact) mass is 271 g/mol. The summed E-state index contributed by atoms with van der Waals surface area (Å²) in [4.78, 5) is 21.4. The van der Waals surface area contributed by atoms with Crippen LogP contribution in [-0.4, -0.2) is 54.0 Å². The van der Waals surface area contributed by atoms with E-state index in [1.807, 2.05) is 0 Å². The Hall–Kier alpha value is -2.00. The fourth-order valence-corrected chi connectivity index (χ4v) is 1.33. The Labute approximate surface area is 110 Å².